The van der Waals surface area contributed by atoms with Crippen molar-refractivity contribution < 1.29 is 8.83 Å². The lowest BCUT2D eigenvalue weighted by atomic mass is 9.96. The van der Waals surface area contributed by atoms with Crippen LogP contribution in [0.25, 0.3) is 93.9 Å². The van der Waals surface area contributed by atoms with Crippen molar-refractivity contribution in [2.45, 2.75) is 13.8 Å². The minimum atomic E-state index is -0.413. The lowest BCUT2D eigenvalue weighted by molar-refractivity contribution is 0.563. The summed E-state index contributed by atoms with van der Waals surface area (Å²) in [6.45, 7) is 5.97. The maximum absolute atomic E-state index is 13.5. The fraction of sp³-hybridized carbons (Fsp3) is 0.0769. The van der Waals surface area contributed by atoms with Crippen molar-refractivity contribution in [2.75, 3.05) is 23.7 Å². The third-order valence-electron chi connectivity index (χ3n) is 11.4. The first-order valence-electron chi connectivity index (χ1n) is 19.9. The molecule has 0 saturated heterocycles. The van der Waals surface area contributed by atoms with Gasteiger partial charge in [0.15, 0.2) is 0 Å². The maximum Gasteiger partial charge on any atom is 0.344 e. The Hall–Kier alpha value is -7.64. The van der Waals surface area contributed by atoms with Gasteiger partial charge in [0, 0.05) is 63.8 Å². The first-order chi connectivity index (χ1) is 28.8. The second kappa shape index (κ2) is 14.4. The van der Waals surface area contributed by atoms with Crippen molar-refractivity contribution in [1.29, 1.82) is 0 Å². The molecule has 0 saturated carbocycles. The number of nitrogens with two attached hydrogens (primary N) is 1. The van der Waals surface area contributed by atoms with E-state index in [0.29, 0.717) is 28.0 Å². The smallest absolute Gasteiger partial charge is 0.344 e. The van der Waals surface area contributed by atoms with Crippen LogP contribution in [0.5, 0.6) is 0 Å². The molecule has 0 unspecified atom stereocenters. The second-order valence-electron chi connectivity index (χ2n) is 14.9. The van der Waals surface area contributed by atoms with Crippen molar-refractivity contribution in [3.05, 3.63) is 185 Å². The van der Waals surface area contributed by atoms with Crippen molar-refractivity contribution in [2.24, 2.45) is 0 Å². The number of hydrogen-bond donors (Lipinski definition) is 1. The van der Waals surface area contributed by atoms with Crippen LogP contribution in [-0.2, 0) is 0 Å². The molecule has 0 fully saturated rings. The Morgan fingerprint density at radius 1 is 0.492 bits per heavy atom. The van der Waals surface area contributed by atoms with Gasteiger partial charge in [-0.2, -0.15) is 0 Å². The third-order valence-corrected chi connectivity index (χ3v) is 11.4. The van der Waals surface area contributed by atoms with Crippen molar-refractivity contribution in [3.8, 4) is 50.2 Å². The summed E-state index contributed by atoms with van der Waals surface area (Å²) >= 11 is 0. The summed E-state index contributed by atoms with van der Waals surface area (Å²) < 4.78 is 13.9. The number of fused-ring (bicyclic) bond motifs is 5. The van der Waals surface area contributed by atoms with Crippen LogP contribution >= 0.6 is 0 Å². The molecule has 10 aromatic rings. The van der Waals surface area contributed by atoms with Gasteiger partial charge in [-0.25, -0.2) is 9.59 Å². The van der Waals surface area contributed by atoms with Gasteiger partial charge in [-0.1, -0.05) is 66.7 Å². The minimum Gasteiger partial charge on any atom is -0.422 e. The molecular weight excluding hydrogens is 731 g/mol. The molecule has 0 spiro atoms. The first-order valence-corrected chi connectivity index (χ1v) is 19.9. The Morgan fingerprint density at radius 3 is 1.56 bits per heavy atom. The van der Waals surface area contributed by atoms with E-state index >= 15 is 0 Å². The summed E-state index contributed by atoms with van der Waals surface area (Å²) in [5.41, 5.74) is 17.6. The molecule has 2 N–H and O–H groups in total. The molecule has 0 radical (unpaired) electrons. The van der Waals surface area contributed by atoms with Crippen molar-refractivity contribution in [3.63, 3.8) is 0 Å². The molecule has 286 valence electrons. The zero-order valence-corrected chi connectivity index (χ0v) is 32.6. The van der Waals surface area contributed by atoms with Gasteiger partial charge in [-0.15, -0.1) is 0 Å². The highest BCUT2D eigenvalue weighted by Gasteiger charge is 2.17. The predicted octanol–water partition coefficient (Wildman–Crippen LogP) is 12.1. The van der Waals surface area contributed by atoms with Crippen molar-refractivity contribution in [1.82, 2.24) is 4.57 Å². The number of rotatable bonds is 8. The van der Waals surface area contributed by atoms with E-state index < -0.39 is 5.63 Å². The molecule has 0 amide bonds. The van der Waals surface area contributed by atoms with Crippen molar-refractivity contribution >= 4 is 55.1 Å². The fourth-order valence-corrected chi connectivity index (χ4v) is 8.39. The Kier molecular flexibility index (Phi) is 8.72. The van der Waals surface area contributed by atoms with E-state index in [1.807, 2.05) is 66.7 Å². The zero-order valence-electron chi connectivity index (χ0n) is 32.6. The minimum absolute atomic E-state index is 0.365. The number of nitrogens with zero attached hydrogens (tertiary/aromatic N) is 2. The Morgan fingerprint density at radius 2 is 1.00 bits per heavy atom. The fourth-order valence-electron chi connectivity index (χ4n) is 8.39. The summed E-state index contributed by atoms with van der Waals surface area (Å²) in [7, 11) is 0. The Bertz CT molecular complexity index is 3370. The molecule has 7 heteroatoms. The topological polar surface area (TPSA) is 94.6 Å². The third kappa shape index (κ3) is 6.33. The Balaban J connectivity index is 1.08. The van der Waals surface area contributed by atoms with E-state index in [2.05, 4.69) is 108 Å². The average molecular weight is 770 g/mol. The number of aromatic nitrogens is 1. The lowest BCUT2D eigenvalue weighted by Crippen LogP contribution is -2.21. The summed E-state index contributed by atoms with van der Waals surface area (Å²) in [5.74, 6) is 0. The summed E-state index contributed by atoms with van der Waals surface area (Å²) in [6, 6.07) is 54.8. The van der Waals surface area contributed by atoms with Gasteiger partial charge < -0.3 is 24.0 Å². The molecule has 3 aromatic heterocycles. The van der Waals surface area contributed by atoms with E-state index in [1.165, 1.54) is 0 Å². The molecule has 7 aromatic carbocycles. The number of anilines is 2. The monoisotopic (exact) mass is 769 g/mol. The quantitative estimate of drug-likeness (QED) is 0.122. The molecule has 0 aliphatic carbocycles. The summed E-state index contributed by atoms with van der Waals surface area (Å²) in [5, 5.41) is 3.87. The van der Waals surface area contributed by atoms with Crippen LogP contribution in [0, 0.1) is 0 Å². The molecule has 59 heavy (non-hydrogen) atoms. The highest BCUT2D eigenvalue weighted by atomic mass is 16.4. The van der Waals surface area contributed by atoms with E-state index in [-0.39, 0.29) is 5.63 Å². The van der Waals surface area contributed by atoms with Crippen LogP contribution in [-0.4, -0.2) is 17.7 Å². The zero-order chi connectivity index (χ0) is 40.2. The van der Waals surface area contributed by atoms with Gasteiger partial charge in [0.05, 0.1) is 22.2 Å². The highest BCUT2D eigenvalue weighted by Crippen LogP contribution is 2.38. The standard InChI is InChI=1S/C52H39N3O4/c1-3-54(4-2)42-21-17-39-29-44(52(57)59-50(39)31-42)37-13-9-11-33(25-37)35-19-23-48-46(27-35)45-26-34(18-22-47(45)55(48)41-14-6-5-7-15-41)32-10-8-12-36(24-32)43-28-38-16-20-40(53)30-49(38)58-51(43)56/h5-31H,3-4,53H2,1-2H3. The van der Waals surface area contributed by atoms with Gasteiger partial charge in [-0.3, -0.25) is 0 Å². The largest absolute Gasteiger partial charge is 0.422 e. The normalized spacial score (nSPS) is 11.6. The summed E-state index contributed by atoms with van der Waals surface area (Å²) in [6.07, 6.45) is 0. The summed E-state index contributed by atoms with van der Waals surface area (Å²) in [4.78, 5) is 28.9. The second-order valence-corrected chi connectivity index (χ2v) is 14.9. The van der Waals surface area contributed by atoms with E-state index in [1.54, 1.807) is 12.1 Å². The van der Waals surface area contributed by atoms with Crippen LogP contribution in [0.15, 0.2) is 182 Å². The molecule has 0 aliphatic heterocycles. The number of hydrogen-bond acceptors (Lipinski definition) is 6. The number of para-hydroxylation sites is 1. The first kappa shape index (κ1) is 35.8. The Labute approximate surface area is 339 Å². The molecular formula is C52H39N3O4. The van der Waals surface area contributed by atoms with Crippen LogP contribution in [0.3, 0.4) is 0 Å². The number of benzene rings is 7. The highest BCUT2D eigenvalue weighted by molar-refractivity contribution is 6.11. The van der Waals surface area contributed by atoms with Gasteiger partial charge in [0.1, 0.15) is 11.2 Å². The number of nitrogen functional groups attached to an aromatic ring is 1. The maximum atomic E-state index is 13.5. The molecule has 0 atom stereocenters. The average Bonchev–Trinajstić information content (AvgIpc) is 3.59. The van der Waals surface area contributed by atoms with Crippen LogP contribution < -0.4 is 21.9 Å². The molecule has 7 nitrogen and oxygen atoms in total. The SMILES string of the molecule is CCN(CC)c1ccc2cc(-c3cccc(-c4ccc5c(c4)c4cc(-c6cccc(-c7cc8ccc(N)cc8oc7=O)c6)ccc4n5-c4ccccc4)c3)c(=O)oc2c1. The van der Waals surface area contributed by atoms with Gasteiger partial charge >= 0.3 is 11.3 Å². The van der Waals surface area contributed by atoms with Crippen LogP contribution in [0.2, 0.25) is 0 Å². The van der Waals surface area contributed by atoms with Gasteiger partial charge in [-0.05, 0) is 132 Å². The molecule has 10 rings (SSSR count). The molecule has 3 heterocycles. The van der Waals surface area contributed by atoms with Gasteiger partial charge in [0.25, 0.3) is 0 Å². The molecule has 0 aliphatic rings. The van der Waals surface area contributed by atoms with E-state index in [9.17, 15) is 9.59 Å². The van der Waals surface area contributed by atoms with Gasteiger partial charge in [0.2, 0.25) is 0 Å². The van der Waals surface area contributed by atoms with E-state index in [4.69, 9.17) is 14.6 Å². The van der Waals surface area contributed by atoms with Crippen LogP contribution in [0.1, 0.15) is 13.8 Å². The molecule has 0 bridgehead atoms. The predicted molar refractivity (Wildman–Crippen MR) is 243 cm³/mol. The lowest BCUT2D eigenvalue weighted by Gasteiger charge is -2.21. The van der Waals surface area contributed by atoms with E-state index in [0.717, 1.165) is 90.4 Å². The van der Waals surface area contributed by atoms with Crippen LogP contribution in [0.4, 0.5) is 11.4 Å².